The van der Waals surface area contributed by atoms with Crippen LogP contribution in [-0.4, -0.2) is 10.5 Å². The van der Waals surface area contributed by atoms with Crippen LogP contribution in [0.4, 0.5) is 0 Å². The standard InChI is InChI=1S/C5H9ClS/c1-4-2-3-7-5(4)6/h4-5H,2-3H2,1H3. The molecule has 1 heterocycles. The summed E-state index contributed by atoms with van der Waals surface area (Å²) in [6, 6.07) is 0. The average Bonchev–Trinajstić information content (AvgIpc) is 1.91. The molecule has 1 aliphatic heterocycles. The predicted octanol–water partition coefficient (Wildman–Crippen LogP) is 2.32. The number of rotatable bonds is 0. The Balaban J connectivity index is 2.33. The minimum Gasteiger partial charge on any atom is -0.142 e. The third-order valence-corrected chi connectivity index (χ3v) is 3.36. The topological polar surface area (TPSA) is 0 Å². The van der Waals surface area contributed by atoms with Gasteiger partial charge in [-0.15, -0.1) is 23.4 Å². The van der Waals surface area contributed by atoms with E-state index in [9.17, 15) is 0 Å². The van der Waals surface area contributed by atoms with Crippen LogP contribution in [0.5, 0.6) is 0 Å². The second-order valence-corrected chi connectivity index (χ2v) is 3.97. The molecule has 1 fully saturated rings. The molecule has 0 nitrogen and oxygen atoms in total. The lowest BCUT2D eigenvalue weighted by Crippen LogP contribution is -1.96. The first-order valence-electron chi connectivity index (χ1n) is 2.56. The molecule has 0 bridgehead atoms. The van der Waals surface area contributed by atoms with E-state index in [1.54, 1.807) is 0 Å². The summed E-state index contributed by atoms with van der Waals surface area (Å²) in [5.74, 6) is 2.00. The SMILES string of the molecule is CC1CCSC1Cl. The van der Waals surface area contributed by atoms with Crippen LogP contribution in [0.25, 0.3) is 0 Å². The van der Waals surface area contributed by atoms with Crippen molar-refractivity contribution >= 4 is 23.4 Å². The van der Waals surface area contributed by atoms with Crippen LogP contribution in [0.1, 0.15) is 13.3 Å². The van der Waals surface area contributed by atoms with Gasteiger partial charge in [0.2, 0.25) is 0 Å². The van der Waals surface area contributed by atoms with Crippen molar-refractivity contribution in [2.45, 2.75) is 18.1 Å². The fourth-order valence-corrected chi connectivity index (χ4v) is 2.25. The molecule has 1 aliphatic rings. The van der Waals surface area contributed by atoms with Crippen LogP contribution in [-0.2, 0) is 0 Å². The van der Waals surface area contributed by atoms with Gasteiger partial charge in [-0.1, -0.05) is 6.92 Å². The summed E-state index contributed by atoms with van der Waals surface area (Å²) < 4.78 is 0.403. The van der Waals surface area contributed by atoms with Gasteiger partial charge in [-0.05, 0) is 18.1 Å². The maximum absolute atomic E-state index is 5.83. The molecule has 42 valence electrons. The van der Waals surface area contributed by atoms with Gasteiger partial charge in [-0.25, -0.2) is 0 Å². The Hall–Kier alpha value is 0.640. The quantitative estimate of drug-likeness (QED) is 0.461. The average molecular weight is 137 g/mol. The zero-order valence-corrected chi connectivity index (χ0v) is 5.93. The molecule has 2 atom stereocenters. The molecule has 0 saturated carbocycles. The van der Waals surface area contributed by atoms with E-state index in [-0.39, 0.29) is 0 Å². The van der Waals surface area contributed by atoms with E-state index in [4.69, 9.17) is 11.6 Å². The summed E-state index contributed by atoms with van der Waals surface area (Å²) in [7, 11) is 0. The molecule has 1 saturated heterocycles. The lowest BCUT2D eigenvalue weighted by molar-refractivity contribution is 0.643. The third-order valence-electron chi connectivity index (χ3n) is 1.30. The van der Waals surface area contributed by atoms with Crippen molar-refractivity contribution in [3.63, 3.8) is 0 Å². The van der Waals surface area contributed by atoms with Crippen molar-refractivity contribution in [3.8, 4) is 0 Å². The van der Waals surface area contributed by atoms with Gasteiger partial charge in [0.1, 0.15) is 0 Å². The Morgan fingerprint density at radius 2 is 2.43 bits per heavy atom. The van der Waals surface area contributed by atoms with Gasteiger partial charge in [0.05, 0.1) is 4.71 Å². The van der Waals surface area contributed by atoms with Crippen molar-refractivity contribution in [1.29, 1.82) is 0 Å². The van der Waals surface area contributed by atoms with Crippen LogP contribution in [0, 0.1) is 5.92 Å². The highest BCUT2D eigenvalue weighted by Crippen LogP contribution is 2.34. The monoisotopic (exact) mass is 136 g/mol. The predicted molar refractivity (Wildman–Crippen MR) is 35.9 cm³/mol. The fourth-order valence-electron chi connectivity index (χ4n) is 0.662. The Labute approximate surface area is 53.6 Å². The van der Waals surface area contributed by atoms with Crippen LogP contribution < -0.4 is 0 Å². The van der Waals surface area contributed by atoms with E-state index in [2.05, 4.69) is 6.92 Å². The maximum Gasteiger partial charge on any atom is 0.0814 e. The molecule has 0 aromatic rings. The van der Waals surface area contributed by atoms with Gasteiger partial charge >= 0.3 is 0 Å². The van der Waals surface area contributed by atoms with Crippen molar-refractivity contribution < 1.29 is 0 Å². The first kappa shape index (κ1) is 5.77. The summed E-state index contributed by atoms with van der Waals surface area (Å²) in [5.41, 5.74) is 0. The summed E-state index contributed by atoms with van der Waals surface area (Å²) in [4.78, 5) is 0. The number of halogens is 1. The zero-order valence-electron chi connectivity index (χ0n) is 4.36. The second kappa shape index (κ2) is 2.27. The number of hydrogen-bond acceptors (Lipinski definition) is 1. The van der Waals surface area contributed by atoms with Crippen LogP contribution in [0.15, 0.2) is 0 Å². The van der Waals surface area contributed by atoms with E-state index in [1.807, 2.05) is 11.8 Å². The number of hydrogen-bond donors (Lipinski definition) is 0. The molecule has 0 spiro atoms. The Bertz CT molecular complexity index is 57.1. The van der Waals surface area contributed by atoms with E-state index in [0.717, 1.165) is 5.92 Å². The van der Waals surface area contributed by atoms with Crippen LogP contribution in [0.2, 0.25) is 0 Å². The number of alkyl halides is 1. The lowest BCUT2D eigenvalue weighted by atomic mass is 10.2. The fraction of sp³-hybridized carbons (Fsp3) is 1.00. The van der Waals surface area contributed by atoms with Gasteiger partial charge in [0.25, 0.3) is 0 Å². The van der Waals surface area contributed by atoms with Crippen LogP contribution in [0.3, 0.4) is 0 Å². The molecule has 0 N–H and O–H groups in total. The highest BCUT2D eigenvalue weighted by molar-refractivity contribution is 8.01. The van der Waals surface area contributed by atoms with E-state index >= 15 is 0 Å². The van der Waals surface area contributed by atoms with E-state index in [0.29, 0.717) is 4.71 Å². The normalized spacial score (nSPS) is 42.0. The minimum atomic E-state index is 0.403. The van der Waals surface area contributed by atoms with Gasteiger partial charge in [-0.3, -0.25) is 0 Å². The van der Waals surface area contributed by atoms with Crippen molar-refractivity contribution in [1.82, 2.24) is 0 Å². The van der Waals surface area contributed by atoms with E-state index in [1.165, 1.54) is 12.2 Å². The summed E-state index contributed by atoms with van der Waals surface area (Å²) >= 11 is 7.70. The largest absolute Gasteiger partial charge is 0.142 e. The molecule has 7 heavy (non-hydrogen) atoms. The second-order valence-electron chi connectivity index (χ2n) is 1.99. The van der Waals surface area contributed by atoms with Crippen molar-refractivity contribution in [3.05, 3.63) is 0 Å². The first-order chi connectivity index (χ1) is 3.30. The highest BCUT2D eigenvalue weighted by atomic mass is 35.5. The van der Waals surface area contributed by atoms with Gasteiger partial charge < -0.3 is 0 Å². The molecular weight excluding hydrogens is 128 g/mol. The van der Waals surface area contributed by atoms with Gasteiger partial charge in [-0.2, -0.15) is 0 Å². The zero-order chi connectivity index (χ0) is 5.28. The first-order valence-corrected chi connectivity index (χ1v) is 4.05. The summed E-state index contributed by atoms with van der Waals surface area (Å²) in [5, 5.41) is 0. The molecule has 0 aromatic heterocycles. The summed E-state index contributed by atoms with van der Waals surface area (Å²) in [6.45, 7) is 2.21. The molecular formula is C5H9ClS. The van der Waals surface area contributed by atoms with E-state index < -0.39 is 0 Å². The molecule has 1 rings (SSSR count). The molecule has 0 aliphatic carbocycles. The third kappa shape index (κ3) is 1.26. The molecule has 2 unspecified atom stereocenters. The van der Waals surface area contributed by atoms with Crippen molar-refractivity contribution in [2.24, 2.45) is 5.92 Å². The lowest BCUT2D eigenvalue weighted by Gasteiger charge is -2.01. The number of thioether (sulfide) groups is 1. The van der Waals surface area contributed by atoms with Gasteiger partial charge in [0.15, 0.2) is 0 Å². The summed E-state index contributed by atoms with van der Waals surface area (Å²) in [6.07, 6.45) is 1.30. The van der Waals surface area contributed by atoms with Gasteiger partial charge in [0, 0.05) is 0 Å². The molecule has 2 heteroatoms. The molecule has 0 amide bonds. The Kier molecular flexibility index (Phi) is 1.87. The van der Waals surface area contributed by atoms with Crippen LogP contribution >= 0.6 is 23.4 Å². The smallest absolute Gasteiger partial charge is 0.0814 e. The highest BCUT2D eigenvalue weighted by Gasteiger charge is 2.20. The molecule has 0 aromatic carbocycles. The minimum absolute atomic E-state index is 0.403. The van der Waals surface area contributed by atoms with Crippen molar-refractivity contribution in [2.75, 3.05) is 5.75 Å². The Morgan fingerprint density at radius 3 is 2.57 bits per heavy atom. The molecule has 0 radical (unpaired) electrons. The Morgan fingerprint density at radius 1 is 1.71 bits per heavy atom. The maximum atomic E-state index is 5.83.